The molecule has 0 saturated heterocycles. The predicted molar refractivity (Wildman–Crippen MR) is 71.4 cm³/mol. The van der Waals surface area contributed by atoms with Crippen molar-refractivity contribution in [2.75, 3.05) is 0 Å². The second kappa shape index (κ2) is 5.21. The highest BCUT2D eigenvalue weighted by molar-refractivity contribution is 7.79. The summed E-state index contributed by atoms with van der Waals surface area (Å²) in [4.78, 5) is 21.1. The van der Waals surface area contributed by atoms with Gasteiger partial charge in [-0.25, -0.2) is 0 Å². The largest absolute Gasteiger partial charge is 0.780 e. The number of rotatable bonds is 3. The molecule has 0 aliphatic carbocycles. The Morgan fingerprint density at radius 2 is 2.11 bits per heavy atom. The van der Waals surface area contributed by atoms with Crippen LogP contribution in [0, 0.1) is 10.7 Å². The van der Waals surface area contributed by atoms with Gasteiger partial charge in [0.1, 0.15) is 17.4 Å². The third kappa shape index (κ3) is 3.26. The minimum Gasteiger partial charge on any atom is -0.780 e. The van der Waals surface area contributed by atoms with E-state index in [1.807, 2.05) is 5.38 Å². The minimum absolute atomic E-state index is 0.0527. The number of benzene rings is 1. The molecule has 0 bridgehead atoms. The molecule has 2 rings (SSSR count). The maximum atomic E-state index is 10.6. The highest BCUT2D eigenvalue weighted by atomic mass is 32.9. The molecule has 2 aromatic rings. The van der Waals surface area contributed by atoms with Gasteiger partial charge in [0.15, 0.2) is 0 Å². The van der Waals surface area contributed by atoms with Crippen LogP contribution < -0.4 is 14.3 Å². The quantitative estimate of drug-likeness (QED) is 0.494. The van der Waals surface area contributed by atoms with E-state index in [9.17, 15) is 14.4 Å². The first-order valence-electron chi connectivity index (χ1n) is 4.77. The van der Waals surface area contributed by atoms with Gasteiger partial charge in [0.2, 0.25) is 0 Å². The van der Waals surface area contributed by atoms with Gasteiger partial charge in [-0.05, 0) is 30.2 Å². The molecule has 0 saturated carbocycles. The Labute approximate surface area is 116 Å². The van der Waals surface area contributed by atoms with E-state index >= 15 is 0 Å². The smallest absolute Gasteiger partial charge is 0.127 e. The molecule has 1 aromatic heterocycles. The topological polar surface area (TPSA) is 72.4 Å². The maximum Gasteiger partial charge on any atom is 0.127 e. The zero-order chi connectivity index (χ0) is 13.3. The van der Waals surface area contributed by atoms with E-state index in [2.05, 4.69) is 4.52 Å². The molecule has 0 atom stereocenters. The molecule has 8 heteroatoms. The first kappa shape index (κ1) is 13.9. The number of phosphoric acid groups is 1. The van der Waals surface area contributed by atoms with Crippen molar-refractivity contribution in [1.82, 2.24) is 0 Å². The van der Waals surface area contributed by atoms with Crippen LogP contribution in [0.15, 0.2) is 23.6 Å². The molecule has 1 heterocycles. The van der Waals surface area contributed by atoms with Crippen LogP contribution >= 0.6 is 40.7 Å². The second-order valence-electron chi connectivity index (χ2n) is 3.52. The lowest BCUT2D eigenvalue weighted by atomic mass is 10.1. The summed E-state index contributed by atoms with van der Waals surface area (Å²) in [6.07, 6.45) is 0. The fraction of sp³-hybridized carbons (Fsp3) is 0.100. The summed E-state index contributed by atoms with van der Waals surface area (Å²) in [5, 5.41) is 1.94. The standard InChI is InChI=1S/C10H9O4PS3/c1-6-4-7(8-5-17-18-10(8)16)2-3-9(6)14-15(11,12)13/h2-5H,1H3,(H2,11,12,13)/p-2. The maximum absolute atomic E-state index is 10.6. The summed E-state index contributed by atoms with van der Waals surface area (Å²) in [5.74, 6) is 0.0527. The van der Waals surface area contributed by atoms with Crippen molar-refractivity contribution in [1.29, 1.82) is 0 Å². The van der Waals surface area contributed by atoms with Crippen LogP contribution in [0.4, 0.5) is 0 Å². The van der Waals surface area contributed by atoms with Gasteiger partial charge in [-0.15, -0.1) is 0 Å². The third-order valence-electron chi connectivity index (χ3n) is 2.21. The highest BCUT2D eigenvalue weighted by Crippen LogP contribution is 2.35. The van der Waals surface area contributed by atoms with Crippen molar-refractivity contribution in [3.05, 3.63) is 33.0 Å². The Morgan fingerprint density at radius 3 is 2.61 bits per heavy atom. The number of phosphoric ester groups is 1. The summed E-state index contributed by atoms with van der Waals surface area (Å²) in [6.45, 7) is 1.67. The van der Waals surface area contributed by atoms with Crippen LogP contribution in [-0.2, 0) is 4.57 Å². The van der Waals surface area contributed by atoms with Gasteiger partial charge in [0, 0.05) is 10.9 Å². The predicted octanol–water partition coefficient (Wildman–Crippen LogP) is 2.72. The summed E-state index contributed by atoms with van der Waals surface area (Å²) in [6, 6.07) is 4.89. The van der Waals surface area contributed by atoms with Crippen molar-refractivity contribution in [2.24, 2.45) is 0 Å². The fourth-order valence-electron chi connectivity index (χ4n) is 1.43. The molecular formula is C10H7O4PS3-2. The monoisotopic (exact) mass is 318 g/mol. The molecule has 0 aliphatic rings. The van der Waals surface area contributed by atoms with Gasteiger partial charge in [-0.1, -0.05) is 39.0 Å². The molecule has 0 aliphatic heterocycles. The Morgan fingerprint density at radius 1 is 1.39 bits per heavy atom. The third-order valence-corrected chi connectivity index (χ3v) is 5.29. The minimum atomic E-state index is -5.02. The van der Waals surface area contributed by atoms with E-state index in [1.165, 1.54) is 16.4 Å². The molecular weight excluding hydrogens is 311 g/mol. The zero-order valence-electron chi connectivity index (χ0n) is 9.11. The van der Waals surface area contributed by atoms with Crippen LogP contribution in [0.25, 0.3) is 11.1 Å². The SMILES string of the molecule is Cc1cc(-c2cssc2=S)ccc1OP(=O)([O-])[O-]. The normalized spacial score (nSPS) is 11.5. The Kier molecular flexibility index (Phi) is 4.01. The first-order valence-corrected chi connectivity index (χ1v) is 8.85. The summed E-state index contributed by atoms with van der Waals surface area (Å²) >= 11 is 5.18. The lowest BCUT2D eigenvalue weighted by molar-refractivity contribution is -0.333. The number of hydrogen-bond acceptors (Lipinski definition) is 7. The first-order chi connectivity index (χ1) is 8.37. The van der Waals surface area contributed by atoms with Crippen LogP contribution in [-0.4, -0.2) is 0 Å². The van der Waals surface area contributed by atoms with E-state index in [0.717, 1.165) is 15.0 Å². The van der Waals surface area contributed by atoms with Crippen molar-refractivity contribution in [2.45, 2.75) is 6.92 Å². The van der Waals surface area contributed by atoms with Crippen LogP contribution in [0.3, 0.4) is 0 Å². The van der Waals surface area contributed by atoms with Gasteiger partial charge in [-0.3, -0.25) is 0 Å². The van der Waals surface area contributed by atoms with Crippen LogP contribution in [0.1, 0.15) is 5.56 Å². The fourth-order valence-corrected chi connectivity index (χ4v) is 4.28. The molecule has 1 aromatic carbocycles. The van der Waals surface area contributed by atoms with Crippen LogP contribution in [0.2, 0.25) is 0 Å². The molecule has 18 heavy (non-hydrogen) atoms. The zero-order valence-corrected chi connectivity index (χ0v) is 12.5. The van der Waals surface area contributed by atoms with Gasteiger partial charge in [0.05, 0.1) is 0 Å². The van der Waals surface area contributed by atoms with Gasteiger partial charge >= 0.3 is 0 Å². The summed E-state index contributed by atoms with van der Waals surface area (Å²) in [7, 11) is -1.97. The second-order valence-corrected chi connectivity index (χ2v) is 7.34. The Hall–Kier alpha value is -0.560. The van der Waals surface area contributed by atoms with E-state index in [4.69, 9.17) is 12.2 Å². The highest BCUT2D eigenvalue weighted by Gasteiger charge is 2.06. The summed E-state index contributed by atoms with van der Waals surface area (Å²) in [5.41, 5.74) is 2.39. The van der Waals surface area contributed by atoms with Crippen molar-refractivity contribution in [3.8, 4) is 16.9 Å². The molecule has 0 spiro atoms. The molecule has 0 N–H and O–H groups in total. The lowest BCUT2D eigenvalue weighted by Crippen LogP contribution is -2.18. The molecule has 0 fully saturated rings. The summed E-state index contributed by atoms with van der Waals surface area (Å²) < 4.78 is 15.7. The van der Waals surface area contributed by atoms with Crippen molar-refractivity contribution < 1.29 is 18.9 Å². The van der Waals surface area contributed by atoms with Crippen molar-refractivity contribution in [3.63, 3.8) is 0 Å². The van der Waals surface area contributed by atoms with E-state index in [1.54, 1.807) is 29.4 Å². The van der Waals surface area contributed by atoms with Gasteiger partial charge in [-0.2, -0.15) is 0 Å². The molecule has 0 unspecified atom stereocenters. The Balaban J connectivity index is 2.40. The molecule has 96 valence electrons. The molecule has 0 radical (unpaired) electrons. The Bertz CT molecular complexity index is 670. The average molecular weight is 318 g/mol. The lowest BCUT2D eigenvalue weighted by Gasteiger charge is -2.29. The average Bonchev–Trinajstić information content (AvgIpc) is 2.66. The number of aryl methyl sites for hydroxylation is 1. The number of hydrogen-bond donors (Lipinski definition) is 0. The van der Waals surface area contributed by atoms with Crippen LogP contribution in [0.5, 0.6) is 5.75 Å². The van der Waals surface area contributed by atoms with Crippen molar-refractivity contribution >= 4 is 40.7 Å². The van der Waals surface area contributed by atoms with E-state index < -0.39 is 7.82 Å². The molecule has 4 nitrogen and oxygen atoms in total. The van der Waals surface area contributed by atoms with E-state index in [0.29, 0.717) is 5.56 Å². The van der Waals surface area contributed by atoms with E-state index in [-0.39, 0.29) is 5.75 Å². The molecule has 0 amide bonds. The van der Waals surface area contributed by atoms with Gasteiger partial charge < -0.3 is 18.9 Å². The van der Waals surface area contributed by atoms with Gasteiger partial charge in [0.25, 0.3) is 0 Å².